The second-order valence-corrected chi connectivity index (χ2v) is 6.38. The number of rotatable bonds is 5. The number of fused-ring (bicyclic) bond motifs is 1. The van der Waals surface area contributed by atoms with Crippen molar-refractivity contribution in [1.29, 1.82) is 0 Å². The number of aromatic nitrogens is 1. The summed E-state index contributed by atoms with van der Waals surface area (Å²) in [5, 5.41) is 8.04. The predicted molar refractivity (Wildman–Crippen MR) is 97.7 cm³/mol. The van der Waals surface area contributed by atoms with Crippen molar-refractivity contribution in [3.05, 3.63) is 71.7 Å². The Morgan fingerprint density at radius 3 is 2.92 bits per heavy atom. The van der Waals surface area contributed by atoms with Gasteiger partial charge in [0.25, 0.3) is 5.91 Å². The maximum absolute atomic E-state index is 12.9. The van der Waals surface area contributed by atoms with E-state index in [2.05, 4.69) is 15.5 Å². The Balaban J connectivity index is 1.29. The zero-order valence-electron chi connectivity index (χ0n) is 14.0. The molecule has 0 saturated heterocycles. The van der Waals surface area contributed by atoms with Gasteiger partial charge in [0.05, 0.1) is 12.3 Å². The van der Waals surface area contributed by atoms with Crippen LogP contribution in [0, 0.1) is 5.82 Å². The molecule has 0 saturated carbocycles. The highest BCUT2D eigenvalue weighted by Gasteiger charge is 2.22. The van der Waals surface area contributed by atoms with E-state index in [1.165, 1.54) is 12.1 Å². The molecule has 6 heteroatoms. The molecule has 0 spiro atoms. The van der Waals surface area contributed by atoms with Gasteiger partial charge in [0.15, 0.2) is 0 Å². The van der Waals surface area contributed by atoms with Gasteiger partial charge < -0.3 is 15.1 Å². The van der Waals surface area contributed by atoms with Crippen LogP contribution in [0.25, 0.3) is 10.9 Å². The number of aromatic amines is 1. The Labute approximate surface area is 149 Å². The van der Waals surface area contributed by atoms with Crippen LogP contribution in [0.3, 0.4) is 0 Å². The van der Waals surface area contributed by atoms with E-state index in [0.29, 0.717) is 24.9 Å². The van der Waals surface area contributed by atoms with Gasteiger partial charge in [-0.2, -0.15) is 0 Å². The maximum atomic E-state index is 12.9. The fraction of sp³-hybridized carbons (Fsp3) is 0.200. The van der Waals surface area contributed by atoms with Crippen LogP contribution >= 0.6 is 0 Å². The van der Waals surface area contributed by atoms with Gasteiger partial charge in [0, 0.05) is 30.1 Å². The summed E-state index contributed by atoms with van der Waals surface area (Å²) in [5.74, 6) is -0.395. The first kappa shape index (κ1) is 16.3. The number of amides is 1. The van der Waals surface area contributed by atoms with E-state index in [1.54, 1.807) is 18.2 Å². The lowest BCUT2D eigenvalue weighted by molar-refractivity contribution is 0.0753. The van der Waals surface area contributed by atoms with Crippen molar-refractivity contribution in [2.75, 3.05) is 6.54 Å². The van der Waals surface area contributed by atoms with Gasteiger partial charge in [0.1, 0.15) is 11.9 Å². The third kappa shape index (κ3) is 3.59. The van der Waals surface area contributed by atoms with Gasteiger partial charge in [-0.05, 0) is 41.3 Å². The molecule has 0 radical (unpaired) electrons. The second-order valence-electron chi connectivity index (χ2n) is 6.38. The minimum atomic E-state index is -0.253. The molecule has 2 aromatic carbocycles. The largest absolute Gasteiger partial charge is 0.390 e. The molecule has 1 amide bonds. The van der Waals surface area contributed by atoms with Gasteiger partial charge in [-0.1, -0.05) is 23.4 Å². The Morgan fingerprint density at radius 2 is 2.08 bits per heavy atom. The van der Waals surface area contributed by atoms with Crippen molar-refractivity contribution in [3.8, 4) is 0 Å². The average Bonchev–Trinajstić information content (AvgIpc) is 3.30. The van der Waals surface area contributed by atoms with Crippen LogP contribution in [0.1, 0.15) is 22.3 Å². The summed E-state index contributed by atoms with van der Waals surface area (Å²) < 4.78 is 12.9. The van der Waals surface area contributed by atoms with Crippen LogP contribution in [0.4, 0.5) is 4.39 Å². The van der Waals surface area contributed by atoms with Crippen molar-refractivity contribution in [1.82, 2.24) is 10.3 Å². The van der Waals surface area contributed by atoms with E-state index in [-0.39, 0.29) is 17.8 Å². The highest BCUT2D eigenvalue weighted by Crippen LogP contribution is 2.16. The van der Waals surface area contributed by atoms with E-state index in [9.17, 15) is 9.18 Å². The fourth-order valence-electron chi connectivity index (χ4n) is 3.04. The third-order valence-corrected chi connectivity index (χ3v) is 4.42. The minimum Gasteiger partial charge on any atom is -0.390 e. The lowest BCUT2D eigenvalue weighted by atomic mass is 10.0. The van der Waals surface area contributed by atoms with E-state index in [4.69, 9.17) is 4.84 Å². The van der Waals surface area contributed by atoms with Crippen LogP contribution in [-0.2, 0) is 11.3 Å². The molecular weight excluding hydrogens is 333 g/mol. The molecule has 1 aliphatic rings. The van der Waals surface area contributed by atoms with Crippen LogP contribution in [0.5, 0.6) is 0 Å². The van der Waals surface area contributed by atoms with Gasteiger partial charge in [0.2, 0.25) is 0 Å². The lowest BCUT2D eigenvalue weighted by Gasteiger charge is -2.10. The van der Waals surface area contributed by atoms with E-state index >= 15 is 0 Å². The number of hydrogen-bond donors (Lipinski definition) is 2. The quantitative estimate of drug-likeness (QED) is 0.740. The van der Waals surface area contributed by atoms with Crippen molar-refractivity contribution in [2.45, 2.75) is 18.9 Å². The Hall–Kier alpha value is -3.15. The van der Waals surface area contributed by atoms with Gasteiger partial charge in [-0.25, -0.2) is 4.39 Å². The molecule has 2 heterocycles. The van der Waals surface area contributed by atoms with Crippen LogP contribution < -0.4 is 5.32 Å². The smallest absolute Gasteiger partial charge is 0.251 e. The van der Waals surface area contributed by atoms with Crippen molar-refractivity contribution in [3.63, 3.8) is 0 Å². The van der Waals surface area contributed by atoms with Gasteiger partial charge in [-0.3, -0.25) is 4.79 Å². The summed E-state index contributed by atoms with van der Waals surface area (Å²) in [4.78, 5) is 20.8. The Kier molecular flexibility index (Phi) is 4.39. The van der Waals surface area contributed by atoms with Gasteiger partial charge in [-0.15, -0.1) is 0 Å². The summed E-state index contributed by atoms with van der Waals surface area (Å²) in [6.07, 6.45) is 2.93. The predicted octanol–water partition coefficient (Wildman–Crippen LogP) is 3.42. The average molecular weight is 351 g/mol. The number of benzene rings is 2. The van der Waals surface area contributed by atoms with Gasteiger partial charge >= 0.3 is 0 Å². The molecule has 4 rings (SSSR count). The van der Waals surface area contributed by atoms with Crippen LogP contribution in [0.15, 0.2) is 59.9 Å². The zero-order valence-corrected chi connectivity index (χ0v) is 14.0. The molecule has 2 N–H and O–H groups in total. The van der Waals surface area contributed by atoms with E-state index in [0.717, 1.165) is 22.2 Å². The summed E-state index contributed by atoms with van der Waals surface area (Å²) in [6, 6.07) is 13.9. The van der Waals surface area contributed by atoms with Crippen molar-refractivity contribution >= 4 is 22.5 Å². The highest BCUT2D eigenvalue weighted by atomic mass is 19.1. The standard InChI is InChI=1S/C20H18FN3O2/c21-16-5-1-13(2-6-16)9-17-11-18(26-24-17)12-23-20(25)15-4-3-14-7-8-22-19(14)10-15/h1-8,10,18,22H,9,11-12H2,(H,23,25). The number of oxime groups is 1. The van der Waals surface area contributed by atoms with Crippen LogP contribution in [-0.4, -0.2) is 29.3 Å². The molecule has 0 fully saturated rings. The number of nitrogens with one attached hydrogen (secondary N) is 2. The molecule has 1 unspecified atom stereocenters. The number of carbonyl (C=O) groups excluding carboxylic acids is 1. The molecule has 1 aliphatic heterocycles. The maximum Gasteiger partial charge on any atom is 0.251 e. The number of carbonyl (C=O) groups is 1. The van der Waals surface area contributed by atoms with E-state index < -0.39 is 0 Å². The summed E-state index contributed by atoms with van der Waals surface area (Å²) >= 11 is 0. The summed E-state index contributed by atoms with van der Waals surface area (Å²) in [5.41, 5.74) is 3.41. The molecule has 132 valence electrons. The molecule has 0 aliphatic carbocycles. The number of halogens is 1. The minimum absolute atomic E-state index is 0.142. The van der Waals surface area contributed by atoms with E-state index in [1.807, 2.05) is 24.4 Å². The number of nitrogens with zero attached hydrogens (tertiary/aromatic N) is 1. The lowest BCUT2D eigenvalue weighted by Crippen LogP contribution is -2.32. The van der Waals surface area contributed by atoms with Crippen LogP contribution in [0.2, 0.25) is 0 Å². The summed E-state index contributed by atoms with van der Waals surface area (Å²) in [6.45, 7) is 0.387. The topological polar surface area (TPSA) is 66.5 Å². The molecule has 26 heavy (non-hydrogen) atoms. The highest BCUT2D eigenvalue weighted by molar-refractivity contribution is 5.98. The summed E-state index contributed by atoms with van der Waals surface area (Å²) in [7, 11) is 0. The number of H-pyrrole nitrogens is 1. The first-order valence-electron chi connectivity index (χ1n) is 8.49. The SMILES string of the molecule is O=C(NCC1CC(Cc2ccc(F)cc2)=NO1)c1ccc2cc[nH]c2c1. The monoisotopic (exact) mass is 351 g/mol. The fourth-order valence-corrected chi connectivity index (χ4v) is 3.04. The molecule has 1 atom stereocenters. The molecule has 1 aromatic heterocycles. The third-order valence-electron chi connectivity index (χ3n) is 4.42. The first-order chi connectivity index (χ1) is 12.7. The van der Waals surface area contributed by atoms with Crippen molar-refractivity contribution in [2.24, 2.45) is 5.16 Å². The molecule has 5 nitrogen and oxygen atoms in total. The molecule has 3 aromatic rings. The first-order valence-corrected chi connectivity index (χ1v) is 8.49. The molecular formula is C20H18FN3O2. The normalized spacial score (nSPS) is 16.3. The Morgan fingerprint density at radius 1 is 1.23 bits per heavy atom. The zero-order chi connectivity index (χ0) is 17.9. The number of hydrogen-bond acceptors (Lipinski definition) is 3. The Bertz CT molecular complexity index is 963. The van der Waals surface area contributed by atoms with Crippen molar-refractivity contribution < 1.29 is 14.0 Å². The molecule has 0 bridgehead atoms. The second kappa shape index (κ2) is 7.00.